The zero-order chi connectivity index (χ0) is 16.1. The zero-order valence-electron chi connectivity index (χ0n) is 11.4. The molecule has 0 aliphatic rings. The SMILES string of the molecule is CCS(=O)(=O)CCNS(=O)(=O)c1ccc(CC(=O)O)cc1. The summed E-state index contributed by atoms with van der Waals surface area (Å²) in [5.74, 6) is -1.31. The molecule has 1 aromatic rings. The van der Waals surface area contributed by atoms with E-state index in [1.54, 1.807) is 0 Å². The Morgan fingerprint density at radius 2 is 1.71 bits per heavy atom. The van der Waals surface area contributed by atoms with Crippen molar-refractivity contribution in [1.29, 1.82) is 0 Å². The van der Waals surface area contributed by atoms with E-state index in [9.17, 15) is 21.6 Å². The summed E-state index contributed by atoms with van der Waals surface area (Å²) in [5.41, 5.74) is 0.481. The summed E-state index contributed by atoms with van der Waals surface area (Å²) in [6.07, 6.45) is -0.192. The highest BCUT2D eigenvalue weighted by Gasteiger charge is 2.15. The van der Waals surface area contributed by atoms with Gasteiger partial charge in [0.15, 0.2) is 9.84 Å². The highest BCUT2D eigenvalue weighted by atomic mass is 32.2. The van der Waals surface area contributed by atoms with Gasteiger partial charge < -0.3 is 5.11 Å². The lowest BCUT2D eigenvalue weighted by Gasteiger charge is -2.07. The number of benzene rings is 1. The molecule has 0 bridgehead atoms. The summed E-state index contributed by atoms with van der Waals surface area (Å²) < 4.78 is 48.6. The topological polar surface area (TPSA) is 118 Å². The van der Waals surface area contributed by atoms with E-state index in [4.69, 9.17) is 5.11 Å². The first-order valence-corrected chi connectivity index (χ1v) is 9.47. The summed E-state index contributed by atoms with van der Waals surface area (Å²) in [6.45, 7) is 1.29. The maximum Gasteiger partial charge on any atom is 0.307 e. The second kappa shape index (κ2) is 7.01. The lowest BCUT2D eigenvalue weighted by atomic mass is 10.2. The summed E-state index contributed by atoms with van der Waals surface area (Å²) in [6, 6.07) is 5.39. The molecule has 0 radical (unpaired) electrons. The van der Waals surface area contributed by atoms with Crippen molar-refractivity contribution in [1.82, 2.24) is 4.72 Å². The normalized spacial score (nSPS) is 12.2. The Balaban J connectivity index is 2.72. The fourth-order valence-corrected chi connectivity index (χ4v) is 3.38. The van der Waals surface area contributed by atoms with Crippen LogP contribution in [0, 0.1) is 0 Å². The summed E-state index contributed by atoms with van der Waals surface area (Å²) in [7, 11) is -7.03. The number of sulfonamides is 1. The van der Waals surface area contributed by atoms with Crippen LogP contribution in [-0.4, -0.2) is 46.0 Å². The van der Waals surface area contributed by atoms with Gasteiger partial charge in [0.05, 0.1) is 17.1 Å². The van der Waals surface area contributed by atoms with Gasteiger partial charge in [-0.25, -0.2) is 21.6 Å². The van der Waals surface area contributed by atoms with Gasteiger partial charge in [0, 0.05) is 12.3 Å². The molecule has 21 heavy (non-hydrogen) atoms. The molecule has 0 saturated heterocycles. The maximum absolute atomic E-state index is 11.9. The molecule has 0 saturated carbocycles. The number of carbonyl (C=O) groups is 1. The van der Waals surface area contributed by atoms with E-state index < -0.39 is 25.8 Å². The van der Waals surface area contributed by atoms with Gasteiger partial charge in [-0.3, -0.25) is 4.79 Å². The van der Waals surface area contributed by atoms with Gasteiger partial charge in [0.1, 0.15) is 0 Å². The molecule has 0 heterocycles. The molecule has 0 amide bonds. The monoisotopic (exact) mass is 335 g/mol. The molecule has 118 valence electrons. The Hall–Kier alpha value is -1.45. The molecule has 0 aliphatic carbocycles. The van der Waals surface area contributed by atoms with Crippen LogP contribution in [0.5, 0.6) is 0 Å². The van der Waals surface area contributed by atoms with E-state index in [0.717, 1.165) is 0 Å². The van der Waals surface area contributed by atoms with Gasteiger partial charge in [-0.2, -0.15) is 0 Å². The number of hydrogen-bond donors (Lipinski definition) is 2. The van der Waals surface area contributed by atoms with Gasteiger partial charge in [-0.15, -0.1) is 0 Å². The molecule has 0 unspecified atom stereocenters. The fourth-order valence-electron chi connectivity index (χ4n) is 1.52. The summed E-state index contributed by atoms with van der Waals surface area (Å²) in [5, 5.41) is 8.62. The Bertz CT molecular complexity index is 692. The van der Waals surface area contributed by atoms with Crippen LogP contribution in [0.2, 0.25) is 0 Å². The van der Waals surface area contributed by atoms with Crippen molar-refractivity contribution in [3.63, 3.8) is 0 Å². The number of aliphatic carboxylic acids is 1. The van der Waals surface area contributed by atoms with Crippen molar-refractivity contribution in [3.8, 4) is 0 Å². The van der Waals surface area contributed by atoms with Crippen LogP contribution < -0.4 is 4.72 Å². The minimum Gasteiger partial charge on any atom is -0.481 e. The van der Waals surface area contributed by atoms with Gasteiger partial charge >= 0.3 is 5.97 Å². The van der Waals surface area contributed by atoms with Crippen molar-refractivity contribution in [2.24, 2.45) is 0 Å². The van der Waals surface area contributed by atoms with E-state index in [2.05, 4.69) is 4.72 Å². The Morgan fingerprint density at radius 1 is 1.14 bits per heavy atom. The predicted molar refractivity (Wildman–Crippen MR) is 77.3 cm³/mol. The van der Waals surface area contributed by atoms with E-state index in [1.165, 1.54) is 31.2 Å². The quantitative estimate of drug-likeness (QED) is 0.692. The highest BCUT2D eigenvalue weighted by molar-refractivity contribution is 7.91. The fraction of sp³-hybridized carbons (Fsp3) is 0.417. The first kappa shape index (κ1) is 17.6. The average Bonchev–Trinajstić information content (AvgIpc) is 2.38. The van der Waals surface area contributed by atoms with E-state index in [-0.39, 0.29) is 29.4 Å². The standard InChI is InChI=1S/C12H17NO6S2/c1-2-20(16,17)8-7-13-21(18,19)11-5-3-10(4-6-11)9-12(14)15/h3-6,13H,2,7-9H2,1H3,(H,14,15). The number of hydrogen-bond acceptors (Lipinski definition) is 5. The third-order valence-electron chi connectivity index (χ3n) is 2.73. The molecule has 0 fully saturated rings. The van der Waals surface area contributed by atoms with Gasteiger partial charge in [-0.1, -0.05) is 19.1 Å². The predicted octanol–water partition coefficient (Wildman–Crippen LogP) is 0.0267. The zero-order valence-corrected chi connectivity index (χ0v) is 13.1. The molecule has 0 aliphatic heterocycles. The first-order chi connectivity index (χ1) is 9.66. The highest BCUT2D eigenvalue weighted by Crippen LogP contribution is 2.11. The molecule has 0 spiro atoms. The van der Waals surface area contributed by atoms with Crippen LogP contribution in [0.3, 0.4) is 0 Å². The van der Waals surface area contributed by atoms with Crippen LogP contribution in [0.15, 0.2) is 29.2 Å². The molecule has 7 nitrogen and oxygen atoms in total. The van der Waals surface area contributed by atoms with E-state index in [0.29, 0.717) is 5.56 Å². The van der Waals surface area contributed by atoms with Gasteiger partial charge in [0.25, 0.3) is 0 Å². The molecule has 0 aromatic heterocycles. The van der Waals surface area contributed by atoms with Crippen LogP contribution >= 0.6 is 0 Å². The minimum absolute atomic E-state index is 0.0365. The van der Waals surface area contributed by atoms with Gasteiger partial charge in [0.2, 0.25) is 10.0 Å². The van der Waals surface area contributed by atoms with Crippen molar-refractivity contribution in [2.75, 3.05) is 18.1 Å². The van der Waals surface area contributed by atoms with E-state index >= 15 is 0 Å². The molecular formula is C12H17NO6S2. The third kappa shape index (κ3) is 5.82. The first-order valence-electron chi connectivity index (χ1n) is 6.17. The number of rotatable bonds is 8. The van der Waals surface area contributed by atoms with Crippen molar-refractivity contribution in [3.05, 3.63) is 29.8 Å². The summed E-state index contributed by atoms with van der Waals surface area (Å²) in [4.78, 5) is 10.5. The number of carboxylic acid groups (broad SMARTS) is 1. The largest absolute Gasteiger partial charge is 0.481 e. The van der Waals surface area contributed by atoms with Crippen molar-refractivity contribution in [2.45, 2.75) is 18.2 Å². The molecule has 1 rings (SSSR count). The Morgan fingerprint density at radius 3 is 2.19 bits per heavy atom. The molecule has 9 heteroatoms. The Kier molecular flexibility index (Phi) is 5.87. The number of carboxylic acids is 1. The Labute approximate surface area is 124 Å². The number of nitrogens with one attached hydrogen (secondary N) is 1. The smallest absolute Gasteiger partial charge is 0.307 e. The van der Waals surface area contributed by atoms with Crippen LogP contribution in [-0.2, 0) is 31.1 Å². The summed E-state index contributed by atoms with van der Waals surface area (Å²) >= 11 is 0. The third-order valence-corrected chi connectivity index (χ3v) is 5.92. The second-order valence-corrected chi connectivity index (χ2v) is 8.59. The van der Waals surface area contributed by atoms with Gasteiger partial charge in [-0.05, 0) is 17.7 Å². The lowest BCUT2D eigenvalue weighted by molar-refractivity contribution is -0.136. The molecule has 0 atom stereocenters. The van der Waals surface area contributed by atoms with Crippen LogP contribution in [0.1, 0.15) is 12.5 Å². The molecular weight excluding hydrogens is 318 g/mol. The van der Waals surface area contributed by atoms with E-state index in [1.807, 2.05) is 0 Å². The van der Waals surface area contributed by atoms with Crippen molar-refractivity contribution < 1.29 is 26.7 Å². The van der Waals surface area contributed by atoms with Crippen LogP contribution in [0.4, 0.5) is 0 Å². The van der Waals surface area contributed by atoms with Crippen LogP contribution in [0.25, 0.3) is 0 Å². The minimum atomic E-state index is -3.80. The maximum atomic E-state index is 11.9. The number of sulfone groups is 1. The average molecular weight is 335 g/mol. The molecule has 1 aromatic carbocycles. The second-order valence-electron chi connectivity index (χ2n) is 4.35. The molecule has 2 N–H and O–H groups in total. The lowest BCUT2D eigenvalue weighted by Crippen LogP contribution is -2.29. The van der Waals surface area contributed by atoms with Crippen molar-refractivity contribution >= 4 is 25.8 Å².